The highest BCUT2D eigenvalue weighted by Crippen LogP contribution is 2.41. The first kappa shape index (κ1) is 14.0. The average Bonchev–Trinajstić information content (AvgIpc) is 2.84. The van der Waals surface area contributed by atoms with Crippen molar-refractivity contribution in [3.8, 4) is 0 Å². The van der Waals surface area contributed by atoms with Gasteiger partial charge in [0.1, 0.15) is 5.01 Å². The molecule has 1 saturated carbocycles. The summed E-state index contributed by atoms with van der Waals surface area (Å²) in [6.07, 6.45) is 5.82. The van der Waals surface area contributed by atoms with E-state index in [0.717, 1.165) is 19.3 Å². The minimum absolute atomic E-state index is 0.121. The summed E-state index contributed by atoms with van der Waals surface area (Å²) < 4.78 is 0. The van der Waals surface area contributed by atoms with Gasteiger partial charge in [-0.05, 0) is 31.1 Å². The molecule has 18 heavy (non-hydrogen) atoms. The molecule has 1 heterocycles. The number of nitrogens with zero attached hydrogens (tertiary/aromatic N) is 1. The Bertz CT molecular complexity index is 401. The first-order valence-electron chi connectivity index (χ1n) is 7.21. The van der Waals surface area contributed by atoms with Gasteiger partial charge in [0, 0.05) is 4.88 Å². The van der Waals surface area contributed by atoms with Crippen molar-refractivity contribution >= 4 is 11.3 Å². The Kier molecular flexibility index (Phi) is 4.12. The number of hydrogen-bond donors (Lipinski definition) is 1. The van der Waals surface area contributed by atoms with Gasteiger partial charge in [-0.25, -0.2) is 4.98 Å². The summed E-state index contributed by atoms with van der Waals surface area (Å²) in [5.74, 6) is 1.23. The van der Waals surface area contributed by atoms with Crippen molar-refractivity contribution < 1.29 is 0 Å². The lowest BCUT2D eigenvalue weighted by Crippen LogP contribution is -2.32. The third-order valence-electron chi connectivity index (χ3n) is 3.78. The van der Waals surface area contributed by atoms with Gasteiger partial charge in [0.2, 0.25) is 0 Å². The van der Waals surface area contributed by atoms with E-state index in [1.807, 2.05) is 11.3 Å². The van der Waals surface area contributed by atoms with Gasteiger partial charge in [0.25, 0.3) is 0 Å². The van der Waals surface area contributed by atoms with Crippen LogP contribution in [0.15, 0.2) is 0 Å². The first-order valence-corrected chi connectivity index (χ1v) is 8.03. The smallest absolute Gasteiger partial charge is 0.113 e. The normalized spacial score (nSPS) is 19.1. The van der Waals surface area contributed by atoms with Crippen molar-refractivity contribution in [1.82, 2.24) is 4.98 Å². The summed E-state index contributed by atoms with van der Waals surface area (Å²) >= 11 is 1.87. The molecule has 0 atom stereocenters. The molecular formula is C15H26N2S. The molecule has 0 radical (unpaired) electrons. The largest absolute Gasteiger partial charge is 0.319 e. The van der Waals surface area contributed by atoms with Gasteiger partial charge in [0.15, 0.2) is 0 Å². The fourth-order valence-electron chi connectivity index (χ4n) is 2.78. The topological polar surface area (TPSA) is 38.9 Å². The zero-order valence-electron chi connectivity index (χ0n) is 12.1. The van der Waals surface area contributed by atoms with Crippen LogP contribution in [-0.2, 0) is 12.0 Å². The van der Waals surface area contributed by atoms with Crippen molar-refractivity contribution in [2.24, 2.45) is 11.7 Å². The number of nitrogens with two attached hydrogens (primary N) is 1. The molecular weight excluding hydrogens is 240 g/mol. The second-order valence-corrected chi connectivity index (χ2v) is 7.48. The van der Waals surface area contributed by atoms with E-state index in [1.165, 1.54) is 28.4 Å². The average molecular weight is 266 g/mol. The standard InChI is InChI=1S/C15H26N2S/c1-10(2)9-12-13(11(3)4)18-14(17-12)15(16)7-5-6-8-15/h10-11H,5-9,16H2,1-4H3. The van der Waals surface area contributed by atoms with Crippen LogP contribution in [0.4, 0.5) is 0 Å². The highest BCUT2D eigenvalue weighted by molar-refractivity contribution is 7.12. The van der Waals surface area contributed by atoms with Gasteiger partial charge in [-0.3, -0.25) is 0 Å². The molecule has 2 rings (SSSR count). The summed E-state index contributed by atoms with van der Waals surface area (Å²) in [5.41, 5.74) is 7.72. The summed E-state index contributed by atoms with van der Waals surface area (Å²) in [7, 11) is 0. The van der Waals surface area contributed by atoms with Gasteiger partial charge in [-0.15, -0.1) is 11.3 Å². The van der Waals surface area contributed by atoms with E-state index in [9.17, 15) is 0 Å². The highest BCUT2D eigenvalue weighted by Gasteiger charge is 2.35. The molecule has 3 heteroatoms. The molecule has 1 aromatic heterocycles. The van der Waals surface area contributed by atoms with Crippen molar-refractivity contribution in [2.75, 3.05) is 0 Å². The summed E-state index contributed by atoms with van der Waals surface area (Å²) in [6.45, 7) is 9.05. The zero-order valence-corrected chi connectivity index (χ0v) is 12.9. The van der Waals surface area contributed by atoms with Gasteiger partial charge < -0.3 is 5.73 Å². The van der Waals surface area contributed by atoms with Crippen LogP contribution in [0.2, 0.25) is 0 Å². The molecule has 1 fully saturated rings. The molecule has 1 aliphatic rings. The van der Waals surface area contributed by atoms with Crippen LogP contribution in [0.3, 0.4) is 0 Å². The number of aromatic nitrogens is 1. The fraction of sp³-hybridized carbons (Fsp3) is 0.800. The fourth-order valence-corrected chi connectivity index (χ4v) is 4.03. The maximum absolute atomic E-state index is 6.54. The number of hydrogen-bond acceptors (Lipinski definition) is 3. The molecule has 0 saturated heterocycles. The van der Waals surface area contributed by atoms with E-state index in [1.54, 1.807) is 0 Å². The Labute approximate surface area is 115 Å². The lowest BCUT2D eigenvalue weighted by atomic mass is 10.00. The molecule has 102 valence electrons. The Hall–Kier alpha value is -0.410. The number of rotatable bonds is 4. The molecule has 2 N–H and O–H groups in total. The minimum Gasteiger partial charge on any atom is -0.319 e. The molecule has 1 aliphatic carbocycles. The van der Waals surface area contributed by atoms with E-state index in [4.69, 9.17) is 10.7 Å². The molecule has 0 aromatic carbocycles. The Balaban J connectivity index is 2.32. The van der Waals surface area contributed by atoms with Gasteiger partial charge >= 0.3 is 0 Å². The van der Waals surface area contributed by atoms with E-state index in [2.05, 4.69) is 27.7 Å². The van der Waals surface area contributed by atoms with Crippen molar-refractivity contribution in [2.45, 2.75) is 71.3 Å². The predicted molar refractivity (Wildman–Crippen MR) is 79.1 cm³/mol. The summed E-state index contributed by atoms with van der Waals surface area (Å²) in [4.78, 5) is 6.37. The minimum atomic E-state index is -0.121. The quantitative estimate of drug-likeness (QED) is 0.887. The van der Waals surface area contributed by atoms with Crippen LogP contribution in [0.1, 0.15) is 74.9 Å². The predicted octanol–water partition coefficient (Wildman–Crippen LogP) is 4.19. The lowest BCUT2D eigenvalue weighted by molar-refractivity contribution is 0.457. The number of thiazole rings is 1. The lowest BCUT2D eigenvalue weighted by Gasteiger charge is -2.20. The zero-order chi connectivity index (χ0) is 13.3. The van der Waals surface area contributed by atoms with E-state index >= 15 is 0 Å². The van der Waals surface area contributed by atoms with Crippen molar-refractivity contribution in [3.05, 3.63) is 15.6 Å². The first-order chi connectivity index (χ1) is 8.42. The van der Waals surface area contributed by atoms with Crippen LogP contribution in [0, 0.1) is 5.92 Å². The Morgan fingerprint density at radius 3 is 2.33 bits per heavy atom. The van der Waals surface area contributed by atoms with Crippen molar-refractivity contribution in [1.29, 1.82) is 0 Å². The maximum Gasteiger partial charge on any atom is 0.113 e. The monoisotopic (exact) mass is 266 g/mol. The highest BCUT2D eigenvalue weighted by atomic mass is 32.1. The van der Waals surface area contributed by atoms with Crippen LogP contribution in [-0.4, -0.2) is 4.98 Å². The summed E-state index contributed by atoms with van der Waals surface area (Å²) in [6, 6.07) is 0. The molecule has 0 unspecified atom stereocenters. The van der Waals surface area contributed by atoms with Crippen LogP contribution >= 0.6 is 11.3 Å². The summed E-state index contributed by atoms with van der Waals surface area (Å²) in [5, 5.41) is 1.19. The Morgan fingerprint density at radius 2 is 1.83 bits per heavy atom. The van der Waals surface area contributed by atoms with Crippen LogP contribution < -0.4 is 5.73 Å². The maximum atomic E-state index is 6.54. The SMILES string of the molecule is CC(C)Cc1nc(C2(N)CCCC2)sc1C(C)C. The van der Waals surface area contributed by atoms with E-state index in [-0.39, 0.29) is 5.54 Å². The second kappa shape index (κ2) is 5.30. The molecule has 1 aromatic rings. The van der Waals surface area contributed by atoms with E-state index in [0.29, 0.717) is 11.8 Å². The van der Waals surface area contributed by atoms with E-state index < -0.39 is 0 Å². The van der Waals surface area contributed by atoms with Crippen LogP contribution in [0.25, 0.3) is 0 Å². The van der Waals surface area contributed by atoms with Crippen LogP contribution in [0.5, 0.6) is 0 Å². The molecule has 0 aliphatic heterocycles. The Morgan fingerprint density at radius 1 is 1.22 bits per heavy atom. The third-order valence-corrected chi connectivity index (χ3v) is 5.39. The molecule has 0 spiro atoms. The van der Waals surface area contributed by atoms with Gasteiger partial charge in [-0.1, -0.05) is 40.5 Å². The molecule has 0 amide bonds. The third kappa shape index (κ3) is 2.77. The van der Waals surface area contributed by atoms with Gasteiger partial charge in [0.05, 0.1) is 11.2 Å². The second-order valence-electron chi connectivity index (χ2n) is 6.45. The molecule has 0 bridgehead atoms. The molecule has 2 nitrogen and oxygen atoms in total. The van der Waals surface area contributed by atoms with Gasteiger partial charge in [-0.2, -0.15) is 0 Å². The van der Waals surface area contributed by atoms with Crippen molar-refractivity contribution in [3.63, 3.8) is 0 Å².